The second-order valence-corrected chi connectivity index (χ2v) is 4.36. The number of halogens is 1. The van der Waals surface area contributed by atoms with Gasteiger partial charge in [0.05, 0.1) is 18.6 Å². The van der Waals surface area contributed by atoms with Crippen LogP contribution in [0.2, 0.25) is 5.02 Å². The molecule has 1 unspecified atom stereocenters. The number of benzene rings is 1. The van der Waals surface area contributed by atoms with Crippen LogP contribution in [0.1, 0.15) is 17.2 Å². The van der Waals surface area contributed by atoms with E-state index in [-0.39, 0.29) is 6.04 Å². The molecule has 3 nitrogen and oxygen atoms in total. The second kappa shape index (κ2) is 5.25. The Morgan fingerprint density at radius 2 is 2.24 bits per heavy atom. The molecular weight excluding hydrogens is 236 g/mol. The summed E-state index contributed by atoms with van der Waals surface area (Å²) >= 11 is 6.08. The van der Waals surface area contributed by atoms with Crippen LogP contribution in [0.5, 0.6) is 0 Å². The molecule has 1 atom stereocenters. The van der Waals surface area contributed by atoms with Gasteiger partial charge in [0.2, 0.25) is 0 Å². The van der Waals surface area contributed by atoms with E-state index in [1.165, 1.54) is 0 Å². The lowest BCUT2D eigenvalue weighted by atomic mass is 10.1. The van der Waals surface area contributed by atoms with Crippen molar-refractivity contribution in [2.45, 2.75) is 13.0 Å². The van der Waals surface area contributed by atoms with Crippen molar-refractivity contribution < 1.29 is 4.42 Å². The summed E-state index contributed by atoms with van der Waals surface area (Å²) in [6, 6.07) is 7.81. The van der Waals surface area contributed by atoms with Crippen LogP contribution in [0.25, 0.3) is 0 Å². The highest BCUT2D eigenvalue weighted by molar-refractivity contribution is 6.31. The van der Waals surface area contributed by atoms with Crippen molar-refractivity contribution in [1.29, 1.82) is 0 Å². The van der Waals surface area contributed by atoms with Gasteiger partial charge < -0.3 is 15.5 Å². The highest BCUT2D eigenvalue weighted by Gasteiger charge is 2.10. The molecule has 0 aliphatic rings. The molecule has 0 saturated carbocycles. The van der Waals surface area contributed by atoms with Gasteiger partial charge in [-0.15, -0.1) is 0 Å². The Hall–Kier alpha value is -1.45. The van der Waals surface area contributed by atoms with E-state index in [9.17, 15) is 0 Å². The zero-order valence-corrected chi connectivity index (χ0v) is 10.4. The van der Waals surface area contributed by atoms with E-state index in [4.69, 9.17) is 21.8 Å². The molecule has 0 aliphatic carbocycles. The number of furan rings is 1. The molecule has 0 fully saturated rings. The molecule has 3 N–H and O–H groups in total. The Bertz CT molecular complexity index is 482. The highest BCUT2D eigenvalue weighted by Crippen LogP contribution is 2.24. The largest absolute Gasteiger partial charge is 0.472 e. The molecular formula is C13H15ClN2O. The highest BCUT2D eigenvalue weighted by atomic mass is 35.5. The van der Waals surface area contributed by atoms with Gasteiger partial charge in [-0.3, -0.25) is 0 Å². The summed E-state index contributed by atoms with van der Waals surface area (Å²) in [7, 11) is 0. The fourth-order valence-corrected chi connectivity index (χ4v) is 1.82. The van der Waals surface area contributed by atoms with Gasteiger partial charge in [-0.05, 0) is 30.7 Å². The van der Waals surface area contributed by atoms with Crippen molar-refractivity contribution in [3.05, 3.63) is 52.9 Å². The number of nitrogens with two attached hydrogens (primary N) is 1. The third kappa shape index (κ3) is 2.81. The molecule has 0 amide bonds. The maximum absolute atomic E-state index is 6.08. The van der Waals surface area contributed by atoms with Crippen molar-refractivity contribution in [1.82, 2.24) is 0 Å². The molecule has 0 bridgehead atoms. The lowest BCUT2D eigenvalue weighted by Gasteiger charge is -2.17. The number of anilines is 1. The van der Waals surface area contributed by atoms with Gasteiger partial charge in [-0.25, -0.2) is 0 Å². The summed E-state index contributed by atoms with van der Waals surface area (Å²) in [5.74, 6) is 0. The molecule has 17 heavy (non-hydrogen) atoms. The molecule has 90 valence electrons. The zero-order valence-electron chi connectivity index (χ0n) is 9.61. The minimum Gasteiger partial charge on any atom is -0.472 e. The van der Waals surface area contributed by atoms with E-state index in [0.717, 1.165) is 21.8 Å². The summed E-state index contributed by atoms with van der Waals surface area (Å²) in [6.45, 7) is 2.47. The predicted molar refractivity (Wildman–Crippen MR) is 70.3 cm³/mol. The Morgan fingerprint density at radius 1 is 1.41 bits per heavy atom. The zero-order chi connectivity index (χ0) is 12.3. The lowest BCUT2D eigenvalue weighted by molar-refractivity contribution is 0.561. The van der Waals surface area contributed by atoms with Crippen LogP contribution in [0.4, 0.5) is 5.69 Å². The van der Waals surface area contributed by atoms with Gasteiger partial charge in [-0.2, -0.15) is 0 Å². The van der Waals surface area contributed by atoms with Crippen molar-refractivity contribution in [2.24, 2.45) is 5.73 Å². The average Bonchev–Trinajstić information content (AvgIpc) is 2.84. The molecule has 1 heterocycles. The van der Waals surface area contributed by atoms with Crippen LogP contribution < -0.4 is 11.1 Å². The first kappa shape index (κ1) is 12.0. The molecule has 1 aromatic carbocycles. The number of hydrogen-bond acceptors (Lipinski definition) is 3. The third-order valence-corrected chi connectivity index (χ3v) is 3.10. The van der Waals surface area contributed by atoms with Gasteiger partial charge >= 0.3 is 0 Å². The minimum atomic E-state index is 0.0347. The maximum atomic E-state index is 6.08. The first-order chi connectivity index (χ1) is 8.20. The summed E-state index contributed by atoms with van der Waals surface area (Å²) < 4.78 is 5.06. The first-order valence-corrected chi connectivity index (χ1v) is 5.83. The van der Waals surface area contributed by atoms with Gasteiger partial charge in [0.15, 0.2) is 0 Å². The summed E-state index contributed by atoms with van der Waals surface area (Å²) in [5.41, 5.74) is 8.79. The Kier molecular flexibility index (Phi) is 3.71. The SMILES string of the molecule is Cc1ccc(NC(CN)c2ccoc2)cc1Cl. The quantitative estimate of drug-likeness (QED) is 0.875. The number of rotatable bonds is 4. The van der Waals surface area contributed by atoms with Crippen LogP contribution in [0, 0.1) is 6.92 Å². The number of hydrogen-bond donors (Lipinski definition) is 2. The van der Waals surface area contributed by atoms with Crippen molar-refractivity contribution in [3.8, 4) is 0 Å². The number of aryl methyl sites for hydroxylation is 1. The van der Waals surface area contributed by atoms with Gasteiger partial charge in [0.1, 0.15) is 0 Å². The van der Waals surface area contributed by atoms with Crippen LogP contribution in [-0.2, 0) is 0 Å². The van der Waals surface area contributed by atoms with Crippen molar-refractivity contribution >= 4 is 17.3 Å². The Balaban J connectivity index is 2.16. The van der Waals surface area contributed by atoms with E-state index >= 15 is 0 Å². The Morgan fingerprint density at radius 3 is 2.82 bits per heavy atom. The average molecular weight is 251 g/mol. The fraction of sp³-hybridized carbons (Fsp3) is 0.231. The topological polar surface area (TPSA) is 51.2 Å². The van der Waals surface area contributed by atoms with E-state index in [1.54, 1.807) is 12.5 Å². The molecule has 0 spiro atoms. The van der Waals surface area contributed by atoms with Crippen molar-refractivity contribution in [2.75, 3.05) is 11.9 Å². The van der Waals surface area contributed by atoms with Crippen LogP contribution in [0.15, 0.2) is 41.2 Å². The summed E-state index contributed by atoms with van der Waals surface area (Å²) in [5, 5.41) is 4.08. The minimum absolute atomic E-state index is 0.0347. The first-order valence-electron chi connectivity index (χ1n) is 5.45. The maximum Gasteiger partial charge on any atom is 0.0955 e. The Labute approximate surface area is 106 Å². The van der Waals surface area contributed by atoms with E-state index < -0.39 is 0 Å². The van der Waals surface area contributed by atoms with Crippen molar-refractivity contribution in [3.63, 3.8) is 0 Å². The predicted octanol–water partition coefficient (Wildman–Crippen LogP) is 3.35. The van der Waals surface area contributed by atoms with Gasteiger partial charge in [-0.1, -0.05) is 17.7 Å². The van der Waals surface area contributed by atoms with E-state index in [0.29, 0.717) is 6.54 Å². The standard InChI is InChI=1S/C13H15ClN2O/c1-9-2-3-11(6-12(9)14)16-13(7-15)10-4-5-17-8-10/h2-6,8,13,16H,7,15H2,1H3. The molecule has 0 radical (unpaired) electrons. The summed E-state index contributed by atoms with van der Waals surface area (Å²) in [4.78, 5) is 0. The van der Waals surface area contributed by atoms with Gasteiger partial charge in [0, 0.05) is 22.8 Å². The fourth-order valence-electron chi connectivity index (χ4n) is 1.64. The normalized spacial score (nSPS) is 12.4. The van der Waals surface area contributed by atoms with Crippen LogP contribution >= 0.6 is 11.6 Å². The van der Waals surface area contributed by atoms with E-state index in [1.807, 2.05) is 31.2 Å². The second-order valence-electron chi connectivity index (χ2n) is 3.95. The molecule has 4 heteroatoms. The monoisotopic (exact) mass is 250 g/mol. The smallest absolute Gasteiger partial charge is 0.0955 e. The lowest BCUT2D eigenvalue weighted by Crippen LogP contribution is -2.20. The molecule has 2 aromatic rings. The van der Waals surface area contributed by atoms with Gasteiger partial charge in [0.25, 0.3) is 0 Å². The third-order valence-electron chi connectivity index (χ3n) is 2.69. The van der Waals surface area contributed by atoms with Crippen LogP contribution in [-0.4, -0.2) is 6.54 Å². The molecule has 1 aromatic heterocycles. The summed E-state index contributed by atoms with van der Waals surface area (Å²) in [6.07, 6.45) is 3.34. The molecule has 2 rings (SSSR count). The molecule has 0 aliphatic heterocycles. The van der Waals surface area contributed by atoms with E-state index in [2.05, 4.69) is 5.32 Å². The number of nitrogens with one attached hydrogen (secondary N) is 1. The van der Waals surface area contributed by atoms with Crippen LogP contribution in [0.3, 0.4) is 0 Å². The molecule has 0 saturated heterocycles.